The molecule has 1 rings (SSSR count). The molecule has 1 N–H and O–H groups in total. The fourth-order valence-electron chi connectivity index (χ4n) is 1.60. The van der Waals surface area contributed by atoms with Gasteiger partial charge in [-0.2, -0.15) is 13.2 Å². The van der Waals surface area contributed by atoms with Gasteiger partial charge in [0.05, 0.1) is 13.2 Å². The summed E-state index contributed by atoms with van der Waals surface area (Å²) >= 11 is 3.19. The van der Waals surface area contributed by atoms with Crippen LogP contribution in [0.25, 0.3) is 0 Å². The van der Waals surface area contributed by atoms with Gasteiger partial charge < -0.3 is 14.6 Å². The van der Waals surface area contributed by atoms with Crippen molar-refractivity contribution in [2.45, 2.75) is 19.5 Å². The summed E-state index contributed by atoms with van der Waals surface area (Å²) in [5, 5.41) is 9.09. The van der Waals surface area contributed by atoms with Crippen molar-refractivity contribution < 1.29 is 32.5 Å². The van der Waals surface area contributed by atoms with Crippen LogP contribution < -0.4 is 4.74 Å². The van der Waals surface area contributed by atoms with Gasteiger partial charge in [-0.1, -0.05) is 15.9 Å². The Morgan fingerprint density at radius 1 is 1.33 bits per heavy atom. The number of hydrogen-bond donors (Lipinski definition) is 1. The number of alkyl halides is 3. The molecule has 0 fully saturated rings. The fraction of sp³-hybridized carbons (Fsp3) is 0.462. The van der Waals surface area contributed by atoms with Crippen molar-refractivity contribution in [2.75, 3.05) is 19.8 Å². The minimum absolute atomic E-state index is 0.00177. The molecular formula is C13H14BrF3O4. The summed E-state index contributed by atoms with van der Waals surface area (Å²) in [5.41, 5.74) is 0.621. The number of carboxylic acid groups (broad SMARTS) is 1. The number of aromatic carboxylic acids is 1. The Morgan fingerprint density at radius 2 is 2.00 bits per heavy atom. The highest BCUT2D eigenvalue weighted by Crippen LogP contribution is 2.28. The highest BCUT2D eigenvalue weighted by Gasteiger charge is 2.27. The molecule has 1 aromatic rings. The average molecular weight is 371 g/mol. The van der Waals surface area contributed by atoms with E-state index in [1.807, 2.05) is 0 Å². The van der Waals surface area contributed by atoms with Crippen LogP contribution in [-0.2, 0) is 4.74 Å². The number of rotatable bonds is 7. The van der Waals surface area contributed by atoms with Crippen LogP contribution in [0.2, 0.25) is 0 Å². The van der Waals surface area contributed by atoms with E-state index in [0.29, 0.717) is 10.0 Å². The van der Waals surface area contributed by atoms with Crippen LogP contribution in [0.1, 0.15) is 22.3 Å². The largest absolute Gasteiger partial charge is 0.492 e. The van der Waals surface area contributed by atoms with Crippen molar-refractivity contribution in [1.29, 1.82) is 0 Å². The summed E-state index contributed by atoms with van der Waals surface area (Å²) in [5.74, 6) is -0.927. The summed E-state index contributed by atoms with van der Waals surface area (Å²) in [6.45, 7) is 0.343. The van der Waals surface area contributed by atoms with E-state index in [1.165, 1.54) is 6.07 Å². The molecule has 8 heteroatoms. The molecule has 118 valence electrons. The third-order valence-electron chi connectivity index (χ3n) is 2.41. The number of halogens is 4. The van der Waals surface area contributed by atoms with Crippen molar-refractivity contribution in [2.24, 2.45) is 0 Å². The molecule has 0 aliphatic heterocycles. The quantitative estimate of drug-likeness (QED) is 0.741. The first-order valence-corrected chi connectivity index (χ1v) is 6.81. The first-order valence-electron chi connectivity index (χ1n) is 6.01. The van der Waals surface area contributed by atoms with Crippen molar-refractivity contribution >= 4 is 21.9 Å². The molecule has 0 bridgehead atoms. The van der Waals surface area contributed by atoms with Crippen LogP contribution in [0.15, 0.2) is 16.6 Å². The van der Waals surface area contributed by atoms with Crippen LogP contribution in [0.3, 0.4) is 0 Å². The maximum Gasteiger partial charge on any atom is 0.411 e. The standard InChI is InChI=1S/C13H14BrF3O4/c1-8-5-9(14)6-10(12(18)19)11(8)21-4-2-3-20-7-13(15,16)17/h5-6H,2-4,7H2,1H3,(H,18,19). The minimum atomic E-state index is -4.35. The molecule has 0 aliphatic rings. The van der Waals surface area contributed by atoms with Crippen molar-refractivity contribution in [3.63, 3.8) is 0 Å². The molecule has 4 nitrogen and oxygen atoms in total. The minimum Gasteiger partial charge on any atom is -0.492 e. The molecule has 0 saturated carbocycles. The topological polar surface area (TPSA) is 55.8 Å². The van der Waals surface area contributed by atoms with Crippen LogP contribution in [-0.4, -0.2) is 37.1 Å². The van der Waals surface area contributed by atoms with Gasteiger partial charge in [-0.05, 0) is 24.6 Å². The zero-order valence-corrected chi connectivity index (χ0v) is 12.8. The number of aryl methyl sites for hydroxylation is 1. The van der Waals surface area contributed by atoms with E-state index >= 15 is 0 Å². The van der Waals surface area contributed by atoms with E-state index in [9.17, 15) is 18.0 Å². The Kier molecular flexibility index (Phi) is 6.47. The third-order valence-corrected chi connectivity index (χ3v) is 2.87. The van der Waals surface area contributed by atoms with Crippen LogP contribution >= 0.6 is 15.9 Å². The highest BCUT2D eigenvalue weighted by molar-refractivity contribution is 9.10. The Hall–Kier alpha value is -1.28. The van der Waals surface area contributed by atoms with Crippen LogP contribution in [0.4, 0.5) is 13.2 Å². The fourth-order valence-corrected chi connectivity index (χ4v) is 2.18. The lowest BCUT2D eigenvalue weighted by molar-refractivity contribution is -0.174. The summed E-state index contributed by atoms with van der Waals surface area (Å²) in [6.07, 6.45) is -4.12. The van der Waals surface area contributed by atoms with Gasteiger partial charge in [0.25, 0.3) is 0 Å². The zero-order chi connectivity index (χ0) is 16.0. The lowest BCUT2D eigenvalue weighted by Crippen LogP contribution is -2.18. The number of ether oxygens (including phenoxy) is 2. The van der Waals surface area contributed by atoms with Gasteiger partial charge in [-0.15, -0.1) is 0 Å². The van der Waals surface area contributed by atoms with Gasteiger partial charge in [-0.25, -0.2) is 4.79 Å². The number of carbonyl (C=O) groups is 1. The van der Waals surface area contributed by atoms with E-state index < -0.39 is 18.8 Å². The molecule has 0 atom stereocenters. The molecule has 21 heavy (non-hydrogen) atoms. The maximum absolute atomic E-state index is 11.8. The second-order valence-electron chi connectivity index (χ2n) is 4.27. The van der Waals surface area contributed by atoms with Crippen molar-refractivity contribution in [3.8, 4) is 5.75 Å². The molecule has 0 radical (unpaired) electrons. The van der Waals surface area contributed by atoms with Crippen molar-refractivity contribution in [1.82, 2.24) is 0 Å². The summed E-state index contributed by atoms with van der Waals surface area (Å²) in [7, 11) is 0. The molecule has 0 saturated heterocycles. The number of carboxylic acids is 1. The first kappa shape index (κ1) is 17.8. The molecule has 1 aromatic carbocycles. The van der Waals surface area contributed by atoms with Crippen LogP contribution in [0, 0.1) is 6.92 Å². The molecule has 0 heterocycles. The Bertz CT molecular complexity index is 503. The molecule has 0 spiro atoms. The average Bonchev–Trinajstić information content (AvgIpc) is 2.33. The van der Waals surface area contributed by atoms with Gasteiger partial charge in [0.1, 0.15) is 17.9 Å². The van der Waals surface area contributed by atoms with E-state index in [1.54, 1.807) is 13.0 Å². The predicted octanol–water partition coefficient (Wildman–Crippen LogP) is 3.80. The second-order valence-corrected chi connectivity index (χ2v) is 5.19. The summed E-state index contributed by atoms with van der Waals surface area (Å²) < 4.78 is 45.9. The van der Waals surface area contributed by atoms with E-state index in [4.69, 9.17) is 9.84 Å². The van der Waals surface area contributed by atoms with E-state index in [-0.39, 0.29) is 30.9 Å². The summed E-state index contributed by atoms with van der Waals surface area (Å²) in [4.78, 5) is 11.1. The van der Waals surface area contributed by atoms with E-state index in [2.05, 4.69) is 20.7 Å². The SMILES string of the molecule is Cc1cc(Br)cc(C(=O)O)c1OCCCOCC(F)(F)F. The van der Waals surface area contributed by atoms with Crippen LogP contribution in [0.5, 0.6) is 5.75 Å². The molecule has 0 aromatic heterocycles. The lowest BCUT2D eigenvalue weighted by Gasteiger charge is -2.13. The molecular weight excluding hydrogens is 357 g/mol. The number of benzene rings is 1. The Morgan fingerprint density at radius 3 is 2.57 bits per heavy atom. The monoisotopic (exact) mass is 370 g/mol. The number of hydrogen-bond acceptors (Lipinski definition) is 3. The zero-order valence-electron chi connectivity index (χ0n) is 11.2. The Labute approximate surface area is 128 Å². The van der Waals surface area contributed by atoms with Gasteiger partial charge in [0, 0.05) is 10.9 Å². The van der Waals surface area contributed by atoms with Crippen molar-refractivity contribution in [3.05, 3.63) is 27.7 Å². The second kappa shape index (κ2) is 7.65. The van der Waals surface area contributed by atoms with E-state index in [0.717, 1.165) is 0 Å². The molecule has 0 aliphatic carbocycles. The molecule has 0 amide bonds. The lowest BCUT2D eigenvalue weighted by atomic mass is 10.1. The summed E-state index contributed by atoms with van der Waals surface area (Å²) in [6, 6.07) is 3.10. The van der Waals surface area contributed by atoms with Gasteiger partial charge >= 0.3 is 12.1 Å². The smallest absolute Gasteiger partial charge is 0.411 e. The maximum atomic E-state index is 11.8. The Balaban J connectivity index is 2.51. The van der Waals surface area contributed by atoms with Gasteiger partial charge in [-0.3, -0.25) is 0 Å². The normalized spacial score (nSPS) is 11.5. The van der Waals surface area contributed by atoms with Gasteiger partial charge in [0.2, 0.25) is 0 Å². The first-order chi connectivity index (χ1) is 9.70. The molecule has 0 unspecified atom stereocenters. The predicted molar refractivity (Wildman–Crippen MR) is 72.8 cm³/mol. The van der Waals surface area contributed by atoms with Gasteiger partial charge in [0.15, 0.2) is 0 Å². The third kappa shape index (κ3) is 6.34. The highest BCUT2D eigenvalue weighted by atomic mass is 79.9.